The van der Waals surface area contributed by atoms with E-state index in [-0.39, 0.29) is 18.2 Å². The van der Waals surface area contributed by atoms with Crippen molar-refractivity contribution < 1.29 is 19.1 Å². The summed E-state index contributed by atoms with van der Waals surface area (Å²) in [5, 5.41) is 3.09. The van der Waals surface area contributed by atoms with Crippen LogP contribution in [0.15, 0.2) is 78.9 Å². The quantitative estimate of drug-likeness (QED) is 0.308. The number of ether oxygens (including phenoxy) is 2. The Kier molecular flexibility index (Phi) is 11.0. The second-order valence-electron chi connectivity index (χ2n) is 9.08. The Morgan fingerprint density at radius 3 is 2.08 bits per heavy atom. The first-order valence-electron chi connectivity index (χ1n) is 12.9. The third-order valence-corrected chi connectivity index (χ3v) is 6.35. The van der Waals surface area contributed by atoms with Crippen molar-refractivity contribution in [3.05, 3.63) is 95.6 Å². The molecule has 0 saturated carbocycles. The van der Waals surface area contributed by atoms with Gasteiger partial charge in [0.15, 0.2) is 11.5 Å². The zero-order valence-electron chi connectivity index (χ0n) is 22.1. The zero-order chi connectivity index (χ0) is 26.5. The second-order valence-corrected chi connectivity index (χ2v) is 9.08. The van der Waals surface area contributed by atoms with Crippen molar-refractivity contribution in [2.45, 2.75) is 51.6 Å². The van der Waals surface area contributed by atoms with Gasteiger partial charge in [-0.15, -0.1) is 0 Å². The van der Waals surface area contributed by atoms with Crippen LogP contribution in [0.2, 0.25) is 0 Å². The third-order valence-electron chi connectivity index (χ3n) is 6.35. The average Bonchev–Trinajstić information content (AvgIpc) is 2.93. The first-order valence-corrected chi connectivity index (χ1v) is 12.9. The number of rotatable bonds is 14. The van der Waals surface area contributed by atoms with Gasteiger partial charge in [0, 0.05) is 19.5 Å². The molecule has 0 bridgehead atoms. The molecule has 1 N–H and O–H groups in total. The van der Waals surface area contributed by atoms with Crippen molar-refractivity contribution in [1.82, 2.24) is 10.2 Å². The maximum atomic E-state index is 13.9. The minimum atomic E-state index is -0.642. The van der Waals surface area contributed by atoms with Gasteiger partial charge in [0.2, 0.25) is 11.8 Å². The van der Waals surface area contributed by atoms with Gasteiger partial charge in [-0.2, -0.15) is 0 Å². The normalized spacial score (nSPS) is 11.4. The molecule has 2 amide bonds. The maximum Gasteiger partial charge on any atom is 0.243 e. The zero-order valence-corrected chi connectivity index (χ0v) is 22.1. The Balaban J connectivity index is 1.92. The average molecular weight is 503 g/mol. The summed E-state index contributed by atoms with van der Waals surface area (Å²) in [4.78, 5) is 29.1. The molecule has 6 heteroatoms. The van der Waals surface area contributed by atoms with Gasteiger partial charge >= 0.3 is 0 Å². The highest BCUT2D eigenvalue weighted by Crippen LogP contribution is 2.28. The van der Waals surface area contributed by atoms with E-state index in [1.54, 1.807) is 25.2 Å². The first kappa shape index (κ1) is 27.8. The van der Waals surface area contributed by atoms with E-state index in [9.17, 15) is 9.59 Å². The number of amides is 2. The summed E-state index contributed by atoms with van der Waals surface area (Å²) in [6, 6.07) is 24.5. The van der Waals surface area contributed by atoms with Gasteiger partial charge in [-0.25, -0.2) is 0 Å². The minimum absolute atomic E-state index is 0.124. The van der Waals surface area contributed by atoms with Gasteiger partial charge in [-0.1, -0.05) is 86.5 Å². The lowest BCUT2D eigenvalue weighted by atomic mass is 10.0. The van der Waals surface area contributed by atoms with E-state index in [1.165, 1.54) is 0 Å². The van der Waals surface area contributed by atoms with Gasteiger partial charge < -0.3 is 19.7 Å². The van der Waals surface area contributed by atoms with Crippen molar-refractivity contribution >= 4 is 11.8 Å². The van der Waals surface area contributed by atoms with E-state index in [0.29, 0.717) is 31.0 Å². The molecule has 37 heavy (non-hydrogen) atoms. The maximum absolute atomic E-state index is 13.9. The molecule has 0 radical (unpaired) electrons. The van der Waals surface area contributed by atoms with Crippen LogP contribution < -0.4 is 14.8 Å². The summed E-state index contributed by atoms with van der Waals surface area (Å²) in [5.74, 6) is 0.919. The molecule has 0 aliphatic heterocycles. The number of hydrogen-bond donors (Lipinski definition) is 1. The summed E-state index contributed by atoms with van der Waals surface area (Å²) in [7, 11) is 3.15. The Labute approximate surface area is 220 Å². The smallest absolute Gasteiger partial charge is 0.243 e. The molecule has 6 nitrogen and oxygen atoms in total. The van der Waals surface area contributed by atoms with Crippen molar-refractivity contribution in [3.8, 4) is 11.5 Å². The topological polar surface area (TPSA) is 67.9 Å². The van der Waals surface area contributed by atoms with E-state index in [4.69, 9.17) is 9.47 Å². The summed E-state index contributed by atoms with van der Waals surface area (Å²) >= 11 is 0. The van der Waals surface area contributed by atoms with Crippen LogP contribution in [-0.2, 0) is 29.0 Å². The largest absolute Gasteiger partial charge is 0.493 e. The number of carbonyl (C=O) groups is 2. The number of nitrogens with one attached hydrogen (secondary N) is 1. The number of methoxy groups -OCH3 is 2. The molecular weight excluding hydrogens is 464 g/mol. The fraction of sp³-hybridized carbons (Fsp3) is 0.355. The number of carbonyl (C=O) groups excluding carboxylic acids is 2. The van der Waals surface area contributed by atoms with E-state index in [0.717, 1.165) is 36.0 Å². The first-order chi connectivity index (χ1) is 18.0. The van der Waals surface area contributed by atoms with Crippen LogP contribution >= 0.6 is 0 Å². The molecule has 1 atom stereocenters. The molecule has 0 heterocycles. The van der Waals surface area contributed by atoms with Gasteiger partial charge in [0.25, 0.3) is 0 Å². The van der Waals surface area contributed by atoms with E-state index in [2.05, 4.69) is 12.2 Å². The molecule has 0 unspecified atom stereocenters. The van der Waals surface area contributed by atoms with E-state index in [1.807, 2.05) is 72.8 Å². The summed E-state index contributed by atoms with van der Waals surface area (Å²) in [6.45, 7) is 3.07. The van der Waals surface area contributed by atoms with Crippen LogP contribution in [0.5, 0.6) is 11.5 Å². The van der Waals surface area contributed by atoms with Crippen LogP contribution in [0.1, 0.15) is 42.9 Å². The predicted octanol–water partition coefficient (Wildman–Crippen LogP) is 5.19. The molecule has 0 fully saturated rings. The van der Waals surface area contributed by atoms with E-state index >= 15 is 0 Å². The molecule has 0 aromatic heterocycles. The highest BCUT2D eigenvalue weighted by molar-refractivity contribution is 5.88. The number of nitrogens with zero attached hydrogens (tertiary/aromatic N) is 1. The van der Waals surface area contributed by atoms with Gasteiger partial charge in [0.05, 0.1) is 20.6 Å². The standard InChI is InChI=1S/C31H38N2O4/c1-4-5-12-19-32-31(35)27(20-24-13-8-6-9-14-24)33(23-25-15-10-7-11-16-25)30(34)22-26-17-18-28(36-2)29(21-26)37-3/h6-11,13-18,21,27H,4-5,12,19-20,22-23H2,1-3H3,(H,32,35)/t27-/m0/s1. The van der Waals surface area contributed by atoms with Crippen molar-refractivity contribution in [2.75, 3.05) is 20.8 Å². The number of benzene rings is 3. The predicted molar refractivity (Wildman–Crippen MR) is 147 cm³/mol. The van der Waals surface area contributed by atoms with Crippen LogP contribution in [0.3, 0.4) is 0 Å². The number of unbranched alkanes of at least 4 members (excludes halogenated alkanes) is 2. The lowest BCUT2D eigenvalue weighted by molar-refractivity contribution is -0.140. The van der Waals surface area contributed by atoms with Crippen LogP contribution in [0.25, 0.3) is 0 Å². The highest BCUT2D eigenvalue weighted by Gasteiger charge is 2.30. The molecule has 0 saturated heterocycles. The Bertz CT molecular complexity index is 1120. The Hall–Kier alpha value is -3.80. The SMILES string of the molecule is CCCCCNC(=O)[C@H](Cc1ccccc1)N(Cc1ccccc1)C(=O)Cc1ccc(OC)c(OC)c1. The third kappa shape index (κ3) is 8.38. The summed E-state index contributed by atoms with van der Waals surface area (Å²) in [6.07, 6.45) is 3.62. The summed E-state index contributed by atoms with van der Waals surface area (Å²) in [5.41, 5.74) is 2.77. The Morgan fingerprint density at radius 1 is 0.811 bits per heavy atom. The molecular formula is C31H38N2O4. The fourth-order valence-electron chi connectivity index (χ4n) is 4.31. The van der Waals surface area contributed by atoms with Crippen LogP contribution in [0, 0.1) is 0 Å². The molecule has 0 aliphatic carbocycles. The van der Waals surface area contributed by atoms with Crippen LogP contribution in [0.4, 0.5) is 0 Å². The monoisotopic (exact) mass is 502 g/mol. The second kappa shape index (κ2) is 14.7. The van der Waals surface area contributed by atoms with Gasteiger partial charge in [-0.05, 0) is 35.2 Å². The number of hydrogen-bond acceptors (Lipinski definition) is 4. The van der Waals surface area contributed by atoms with Crippen molar-refractivity contribution in [2.24, 2.45) is 0 Å². The molecule has 3 aromatic rings. The molecule has 196 valence electrons. The lowest BCUT2D eigenvalue weighted by Crippen LogP contribution is -2.51. The summed E-state index contributed by atoms with van der Waals surface area (Å²) < 4.78 is 10.8. The molecule has 3 rings (SSSR count). The Morgan fingerprint density at radius 2 is 1.46 bits per heavy atom. The molecule has 0 aliphatic rings. The van der Waals surface area contributed by atoms with Crippen molar-refractivity contribution in [1.29, 1.82) is 0 Å². The minimum Gasteiger partial charge on any atom is -0.493 e. The fourth-order valence-corrected chi connectivity index (χ4v) is 4.31. The van der Waals surface area contributed by atoms with Crippen molar-refractivity contribution in [3.63, 3.8) is 0 Å². The van der Waals surface area contributed by atoms with Gasteiger partial charge in [0.1, 0.15) is 6.04 Å². The highest BCUT2D eigenvalue weighted by atomic mass is 16.5. The van der Waals surface area contributed by atoms with Crippen LogP contribution in [-0.4, -0.2) is 43.5 Å². The molecule has 3 aromatic carbocycles. The molecule has 0 spiro atoms. The lowest BCUT2D eigenvalue weighted by Gasteiger charge is -2.32. The van der Waals surface area contributed by atoms with Gasteiger partial charge in [-0.3, -0.25) is 9.59 Å². The van der Waals surface area contributed by atoms with E-state index < -0.39 is 6.04 Å².